The molecule has 3 N–H and O–H groups in total. The summed E-state index contributed by atoms with van der Waals surface area (Å²) in [5, 5.41) is 9.02. The molecule has 4 aromatic rings. The Morgan fingerprint density at radius 1 is 1.05 bits per heavy atom. The van der Waals surface area contributed by atoms with Gasteiger partial charge in [0.25, 0.3) is 0 Å². The van der Waals surface area contributed by atoms with Gasteiger partial charge in [-0.05, 0) is 66.8 Å². The lowest BCUT2D eigenvalue weighted by Gasteiger charge is -2.19. The zero-order valence-electron chi connectivity index (χ0n) is 25.5. The normalized spacial score (nSPS) is 14.4. The summed E-state index contributed by atoms with van der Waals surface area (Å²) in [7, 11) is 4.66. The molecule has 0 fully saturated rings. The second kappa shape index (κ2) is 13.1. The Bertz CT molecular complexity index is 1770. The maximum atomic E-state index is 13.6. The molecule has 44 heavy (non-hydrogen) atoms. The predicted molar refractivity (Wildman–Crippen MR) is 169 cm³/mol. The molecule has 1 aliphatic rings. The van der Waals surface area contributed by atoms with E-state index in [4.69, 9.17) is 14.2 Å². The number of benzene rings is 2. The number of nitrogens with zero attached hydrogens (tertiary/aromatic N) is 2. The standard InChI is InChI=1S/C33H37N5O6/c1-19(33(41)34-14-15-38-18-35-25-8-6-7-9-27(25)38)36-26-13-11-22-23(17-28(26)40)24(37-20(2)39)12-10-21-16-29(42-3)31(43-4)32(44-5)30(21)22/h6-9,11,13,16-19,24H,10,12,14-15H2,1-5H3,(H,34,41)(H,36,40)(H,37,39). The molecule has 2 unspecified atom stereocenters. The Hall–Kier alpha value is -5.06. The van der Waals surface area contributed by atoms with Crippen LogP contribution in [0.3, 0.4) is 0 Å². The van der Waals surface area contributed by atoms with Crippen molar-refractivity contribution in [2.45, 2.75) is 45.3 Å². The van der Waals surface area contributed by atoms with Crippen LogP contribution in [0.5, 0.6) is 17.2 Å². The molecule has 0 radical (unpaired) electrons. The fraction of sp³-hybridized carbons (Fsp3) is 0.333. The third-order valence-electron chi connectivity index (χ3n) is 7.86. The van der Waals surface area contributed by atoms with E-state index in [-0.39, 0.29) is 22.9 Å². The molecule has 230 valence electrons. The summed E-state index contributed by atoms with van der Waals surface area (Å²) < 4.78 is 19.1. The van der Waals surface area contributed by atoms with E-state index in [1.807, 2.05) is 41.0 Å². The summed E-state index contributed by atoms with van der Waals surface area (Å²) in [6.45, 7) is 4.11. The topological polar surface area (TPSA) is 133 Å². The fourth-order valence-electron chi connectivity index (χ4n) is 5.77. The Kier molecular flexibility index (Phi) is 9.03. The lowest BCUT2D eigenvalue weighted by atomic mass is 9.95. The Morgan fingerprint density at radius 2 is 1.82 bits per heavy atom. The summed E-state index contributed by atoms with van der Waals surface area (Å²) in [5.74, 6) is 0.968. The van der Waals surface area contributed by atoms with Gasteiger partial charge in [-0.3, -0.25) is 14.4 Å². The van der Waals surface area contributed by atoms with E-state index in [1.165, 1.54) is 20.1 Å². The molecule has 5 rings (SSSR count). The molecule has 0 bridgehead atoms. The molecular weight excluding hydrogens is 562 g/mol. The minimum Gasteiger partial charge on any atom is -0.493 e. The molecule has 3 aromatic carbocycles. The van der Waals surface area contributed by atoms with E-state index in [0.29, 0.717) is 54.3 Å². The molecule has 1 aromatic heterocycles. The summed E-state index contributed by atoms with van der Waals surface area (Å²) in [6.07, 6.45) is 2.90. The van der Waals surface area contributed by atoms with E-state index < -0.39 is 12.1 Å². The number of methoxy groups -OCH3 is 3. The van der Waals surface area contributed by atoms with Crippen LogP contribution in [0, 0.1) is 0 Å². The summed E-state index contributed by atoms with van der Waals surface area (Å²) in [4.78, 5) is 43.2. The Labute approximate surface area is 255 Å². The second-order valence-electron chi connectivity index (χ2n) is 10.7. The number of para-hydroxylation sites is 2. The highest BCUT2D eigenvalue weighted by Crippen LogP contribution is 2.50. The number of hydrogen-bond donors (Lipinski definition) is 3. The van der Waals surface area contributed by atoms with Gasteiger partial charge in [0.2, 0.25) is 23.0 Å². The molecule has 1 heterocycles. The lowest BCUT2D eigenvalue weighted by Crippen LogP contribution is -2.39. The van der Waals surface area contributed by atoms with E-state index in [1.54, 1.807) is 33.5 Å². The van der Waals surface area contributed by atoms with Crippen molar-refractivity contribution in [2.75, 3.05) is 33.2 Å². The van der Waals surface area contributed by atoms with Gasteiger partial charge >= 0.3 is 0 Å². The number of rotatable bonds is 10. The van der Waals surface area contributed by atoms with Crippen molar-refractivity contribution in [3.8, 4) is 28.4 Å². The van der Waals surface area contributed by atoms with Crippen LogP contribution in [-0.4, -0.2) is 55.3 Å². The van der Waals surface area contributed by atoms with Crippen molar-refractivity contribution >= 4 is 28.5 Å². The SMILES string of the molecule is COc1cc2c(c(OC)c1OC)-c1ccc(NC(C)C(=O)NCCn3cnc4ccccc43)c(=O)cc1C(NC(C)=O)CC2. The van der Waals surface area contributed by atoms with Gasteiger partial charge in [0, 0.05) is 25.6 Å². The van der Waals surface area contributed by atoms with Crippen molar-refractivity contribution < 1.29 is 23.8 Å². The maximum Gasteiger partial charge on any atom is 0.242 e. The zero-order chi connectivity index (χ0) is 31.4. The first-order valence-corrected chi connectivity index (χ1v) is 14.5. The Balaban J connectivity index is 1.44. The highest BCUT2D eigenvalue weighted by Gasteiger charge is 2.29. The number of hydrogen-bond acceptors (Lipinski definition) is 8. The maximum absolute atomic E-state index is 13.6. The van der Waals surface area contributed by atoms with Gasteiger partial charge in [0.15, 0.2) is 11.5 Å². The number of ether oxygens (including phenoxy) is 3. The lowest BCUT2D eigenvalue weighted by molar-refractivity contribution is -0.121. The third kappa shape index (κ3) is 6.03. The highest BCUT2D eigenvalue weighted by molar-refractivity contribution is 5.86. The van der Waals surface area contributed by atoms with Crippen molar-refractivity contribution in [3.63, 3.8) is 0 Å². The molecule has 11 heteroatoms. The number of fused-ring (bicyclic) bond motifs is 4. The van der Waals surface area contributed by atoms with Gasteiger partial charge in [0.1, 0.15) is 6.04 Å². The predicted octanol–water partition coefficient (Wildman–Crippen LogP) is 3.83. The molecule has 1 aliphatic carbocycles. The molecular formula is C33H37N5O6. The van der Waals surface area contributed by atoms with Crippen molar-refractivity contribution in [2.24, 2.45) is 0 Å². The number of aromatic nitrogens is 2. The van der Waals surface area contributed by atoms with Crippen molar-refractivity contribution in [3.05, 3.63) is 76.2 Å². The molecule has 0 spiro atoms. The Morgan fingerprint density at radius 3 is 2.55 bits per heavy atom. The summed E-state index contributed by atoms with van der Waals surface area (Å²) in [6, 6.07) is 13.6. The number of carbonyl (C=O) groups is 2. The van der Waals surface area contributed by atoms with Gasteiger partial charge < -0.3 is 34.7 Å². The molecule has 2 atom stereocenters. The number of anilines is 1. The van der Waals surface area contributed by atoms with Gasteiger partial charge in [-0.25, -0.2) is 4.98 Å². The third-order valence-corrected chi connectivity index (χ3v) is 7.86. The van der Waals surface area contributed by atoms with Gasteiger partial charge in [-0.1, -0.05) is 18.2 Å². The number of imidazole rings is 1. The first-order valence-electron chi connectivity index (χ1n) is 14.5. The summed E-state index contributed by atoms with van der Waals surface area (Å²) in [5.41, 5.74) is 4.87. The number of aryl methyl sites for hydroxylation is 1. The monoisotopic (exact) mass is 599 g/mol. The van der Waals surface area contributed by atoms with Crippen LogP contribution in [0.2, 0.25) is 0 Å². The van der Waals surface area contributed by atoms with E-state index in [9.17, 15) is 14.4 Å². The number of amides is 2. The molecule has 0 saturated carbocycles. The summed E-state index contributed by atoms with van der Waals surface area (Å²) >= 11 is 0. The molecule has 2 amide bonds. The van der Waals surface area contributed by atoms with Gasteiger partial charge in [-0.15, -0.1) is 0 Å². The van der Waals surface area contributed by atoms with Crippen LogP contribution in [-0.2, 0) is 22.6 Å². The largest absolute Gasteiger partial charge is 0.493 e. The number of nitrogens with one attached hydrogen (secondary N) is 3. The van der Waals surface area contributed by atoms with Crippen molar-refractivity contribution in [1.29, 1.82) is 0 Å². The van der Waals surface area contributed by atoms with E-state index in [0.717, 1.165) is 22.2 Å². The zero-order valence-corrected chi connectivity index (χ0v) is 25.5. The highest BCUT2D eigenvalue weighted by atomic mass is 16.5. The molecule has 0 aliphatic heterocycles. The van der Waals surface area contributed by atoms with Crippen LogP contribution >= 0.6 is 0 Å². The first-order chi connectivity index (χ1) is 21.2. The quantitative estimate of drug-likeness (QED) is 0.251. The first kappa shape index (κ1) is 30.4. The average Bonchev–Trinajstić information content (AvgIpc) is 3.29. The molecule has 11 nitrogen and oxygen atoms in total. The van der Waals surface area contributed by atoms with Crippen LogP contribution in [0.15, 0.2) is 59.7 Å². The minimum absolute atomic E-state index is 0.208. The molecule has 0 saturated heterocycles. The minimum atomic E-state index is -0.693. The van der Waals surface area contributed by atoms with Crippen LogP contribution < -0.4 is 35.6 Å². The fourth-order valence-corrected chi connectivity index (χ4v) is 5.77. The van der Waals surface area contributed by atoms with Crippen LogP contribution in [0.25, 0.3) is 22.2 Å². The van der Waals surface area contributed by atoms with Gasteiger partial charge in [-0.2, -0.15) is 0 Å². The van der Waals surface area contributed by atoms with E-state index in [2.05, 4.69) is 20.9 Å². The van der Waals surface area contributed by atoms with Crippen LogP contribution in [0.1, 0.15) is 37.4 Å². The van der Waals surface area contributed by atoms with Crippen molar-refractivity contribution in [1.82, 2.24) is 20.2 Å². The van der Waals surface area contributed by atoms with E-state index >= 15 is 0 Å². The number of carbonyl (C=O) groups excluding carboxylic acids is 2. The van der Waals surface area contributed by atoms with Crippen LogP contribution in [0.4, 0.5) is 5.69 Å². The van der Waals surface area contributed by atoms with Gasteiger partial charge in [0.05, 0.1) is 50.4 Å². The smallest absolute Gasteiger partial charge is 0.242 e. The average molecular weight is 600 g/mol. The second-order valence-corrected chi connectivity index (χ2v) is 10.7.